The maximum absolute atomic E-state index is 4.00. The molecule has 2 nitrogen and oxygen atoms in total. The quantitative estimate of drug-likeness (QED) is 0.700. The minimum absolute atomic E-state index is 0.646. The summed E-state index contributed by atoms with van der Waals surface area (Å²) in [6.45, 7) is 2.25. The third-order valence-corrected chi connectivity index (χ3v) is 2.48. The topological polar surface area (TPSA) is 16.1 Å². The first kappa shape index (κ1) is 10.2. The summed E-state index contributed by atoms with van der Waals surface area (Å²) in [4.78, 5) is 6.25. The van der Waals surface area contributed by atoms with Gasteiger partial charge in [0.2, 0.25) is 0 Å². The molecule has 0 fully saturated rings. The second kappa shape index (κ2) is 4.97. The molecule has 0 N–H and O–H groups in total. The Balaban J connectivity index is 2.35. The van der Waals surface area contributed by atoms with E-state index >= 15 is 0 Å². The zero-order valence-corrected chi connectivity index (χ0v) is 8.70. The lowest BCUT2D eigenvalue weighted by molar-refractivity contribution is 0.299. The number of nitrogens with zero attached hydrogens (tertiary/aromatic N) is 2. The van der Waals surface area contributed by atoms with E-state index in [-0.39, 0.29) is 0 Å². The van der Waals surface area contributed by atoms with Gasteiger partial charge in [-0.25, -0.2) is 0 Å². The van der Waals surface area contributed by atoms with Crippen molar-refractivity contribution in [2.75, 3.05) is 14.1 Å². The zero-order valence-electron chi connectivity index (χ0n) is 8.70. The first-order valence-electron chi connectivity index (χ1n) is 4.75. The van der Waals surface area contributed by atoms with E-state index in [1.807, 2.05) is 12.4 Å². The van der Waals surface area contributed by atoms with E-state index in [0.717, 1.165) is 6.42 Å². The minimum atomic E-state index is 0.646. The van der Waals surface area contributed by atoms with Crippen LogP contribution in [0, 0.1) is 0 Å². The molecule has 1 aromatic rings. The molecule has 0 aromatic carbocycles. The van der Waals surface area contributed by atoms with Crippen molar-refractivity contribution in [2.45, 2.75) is 25.8 Å². The molecule has 1 aromatic heterocycles. The second-order valence-corrected chi connectivity index (χ2v) is 3.71. The Hall–Kier alpha value is -0.890. The number of aryl methyl sites for hydroxylation is 1. The maximum atomic E-state index is 4.00. The smallest absolute Gasteiger partial charge is 0.0270 e. The van der Waals surface area contributed by atoms with Gasteiger partial charge in [0.25, 0.3) is 0 Å². The standard InChI is InChI=1S/C11H18N2/c1-10(13(2)3)4-5-11-6-8-12-9-7-11/h6-10H,4-5H2,1-3H3. The summed E-state index contributed by atoms with van der Waals surface area (Å²) in [5.74, 6) is 0. The molecule has 1 heterocycles. The van der Waals surface area contributed by atoms with Crippen LogP contribution in [-0.4, -0.2) is 30.0 Å². The predicted molar refractivity (Wildman–Crippen MR) is 55.7 cm³/mol. The van der Waals surface area contributed by atoms with Crippen LogP contribution in [0.5, 0.6) is 0 Å². The van der Waals surface area contributed by atoms with Gasteiger partial charge >= 0.3 is 0 Å². The van der Waals surface area contributed by atoms with Crippen LogP contribution in [0.15, 0.2) is 24.5 Å². The SMILES string of the molecule is CC(CCc1ccncc1)N(C)C. The van der Waals surface area contributed by atoms with Crippen molar-refractivity contribution in [3.63, 3.8) is 0 Å². The molecular formula is C11H18N2. The highest BCUT2D eigenvalue weighted by Gasteiger charge is 2.03. The van der Waals surface area contributed by atoms with E-state index in [4.69, 9.17) is 0 Å². The van der Waals surface area contributed by atoms with Crippen molar-refractivity contribution in [3.05, 3.63) is 30.1 Å². The molecule has 1 rings (SSSR count). The summed E-state index contributed by atoms with van der Waals surface area (Å²) in [7, 11) is 4.24. The molecule has 0 saturated heterocycles. The van der Waals surface area contributed by atoms with Crippen molar-refractivity contribution >= 4 is 0 Å². The van der Waals surface area contributed by atoms with Gasteiger partial charge in [-0.05, 0) is 51.6 Å². The lowest BCUT2D eigenvalue weighted by Crippen LogP contribution is -2.24. The molecular weight excluding hydrogens is 160 g/mol. The summed E-state index contributed by atoms with van der Waals surface area (Å²) in [6.07, 6.45) is 6.06. The van der Waals surface area contributed by atoms with Gasteiger partial charge in [0, 0.05) is 18.4 Å². The highest BCUT2D eigenvalue weighted by molar-refractivity contribution is 5.09. The Bertz CT molecular complexity index is 231. The van der Waals surface area contributed by atoms with Crippen molar-refractivity contribution in [1.29, 1.82) is 0 Å². The lowest BCUT2D eigenvalue weighted by atomic mass is 10.1. The maximum Gasteiger partial charge on any atom is 0.0270 e. The highest BCUT2D eigenvalue weighted by Crippen LogP contribution is 2.06. The molecule has 13 heavy (non-hydrogen) atoms. The van der Waals surface area contributed by atoms with Gasteiger partial charge in [-0.3, -0.25) is 4.98 Å². The van der Waals surface area contributed by atoms with Gasteiger partial charge in [-0.2, -0.15) is 0 Å². The minimum Gasteiger partial charge on any atom is -0.307 e. The van der Waals surface area contributed by atoms with Gasteiger partial charge in [0.05, 0.1) is 0 Å². The summed E-state index contributed by atoms with van der Waals surface area (Å²) >= 11 is 0. The zero-order chi connectivity index (χ0) is 9.68. The van der Waals surface area contributed by atoms with Crippen molar-refractivity contribution in [2.24, 2.45) is 0 Å². The van der Waals surface area contributed by atoms with Gasteiger partial charge in [0.1, 0.15) is 0 Å². The van der Waals surface area contributed by atoms with E-state index < -0.39 is 0 Å². The van der Waals surface area contributed by atoms with E-state index in [1.165, 1.54) is 12.0 Å². The van der Waals surface area contributed by atoms with Gasteiger partial charge in [-0.15, -0.1) is 0 Å². The lowest BCUT2D eigenvalue weighted by Gasteiger charge is -2.19. The molecule has 0 bridgehead atoms. The van der Waals surface area contributed by atoms with E-state index in [0.29, 0.717) is 6.04 Å². The molecule has 0 radical (unpaired) electrons. The monoisotopic (exact) mass is 178 g/mol. The van der Waals surface area contributed by atoms with Gasteiger partial charge in [-0.1, -0.05) is 0 Å². The van der Waals surface area contributed by atoms with Crippen molar-refractivity contribution in [1.82, 2.24) is 9.88 Å². The number of pyridine rings is 1. The fraction of sp³-hybridized carbons (Fsp3) is 0.545. The molecule has 1 unspecified atom stereocenters. The first-order chi connectivity index (χ1) is 6.20. The Morgan fingerprint density at radius 1 is 1.31 bits per heavy atom. The predicted octanol–water partition coefficient (Wildman–Crippen LogP) is 1.96. The summed E-state index contributed by atoms with van der Waals surface area (Å²) < 4.78 is 0. The average molecular weight is 178 g/mol. The van der Waals surface area contributed by atoms with Crippen LogP contribution >= 0.6 is 0 Å². The van der Waals surface area contributed by atoms with Crippen LogP contribution in [0.3, 0.4) is 0 Å². The van der Waals surface area contributed by atoms with Crippen LogP contribution in [0.25, 0.3) is 0 Å². The number of aromatic nitrogens is 1. The largest absolute Gasteiger partial charge is 0.307 e. The highest BCUT2D eigenvalue weighted by atomic mass is 15.1. The summed E-state index contributed by atoms with van der Waals surface area (Å²) in [5, 5.41) is 0. The van der Waals surface area contributed by atoms with Crippen molar-refractivity contribution < 1.29 is 0 Å². The Morgan fingerprint density at radius 3 is 2.46 bits per heavy atom. The fourth-order valence-electron chi connectivity index (χ4n) is 1.18. The average Bonchev–Trinajstić information content (AvgIpc) is 2.15. The molecule has 1 atom stereocenters. The molecule has 0 aliphatic heterocycles. The summed E-state index contributed by atoms with van der Waals surface area (Å²) in [5.41, 5.74) is 1.38. The number of hydrogen-bond acceptors (Lipinski definition) is 2. The van der Waals surface area contributed by atoms with Crippen molar-refractivity contribution in [3.8, 4) is 0 Å². The molecule has 0 aliphatic carbocycles. The van der Waals surface area contributed by atoms with Gasteiger partial charge in [0.15, 0.2) is 0 Å². The summed E-state index contributed by atoms with van der Waals surface area (Å²) in [6, 6.07) is 4.82. The molecule has 2 heteroatoms. The van der Waals surface area contributed by atoms with Crippen LogP contribution in [-0.2, 0) is 6.42 Å². The van der Waals surface area contributed by atoms with E-state index in [1.54, 1.807) is 0 Å². The number of hydrogen-bond donors (Lipinski definition) is 0. The third-order valence-electron chi connectivity index (χ3n) is 2.48. The molecule has 0 spiro atoms. The normalized spacial score (nSPS) is 13.2. The molecule has 0 aliphatic rings. The Kier molecular flexibility index (Phi) is 3.90. The van der Waals surface area contributed by atoms with Crippen LogP contribution in [0.4, 0.5) is 0 Å². The first-order valence-corrected chi connectivity index (χ1v) is 4.75. The van der Waals surface area contributed by atoms with Crippen LogP contribution in [0.2, 0.25) is 0 Å². The van der Waals surface area contributed by atoms with E-state index in [2.05, 4.69) is 43.0 Å². The Morgan fingerprint density at radius 2 is 1.92 bits per heavy atom. The molecule has 0 saturated carbocycles. The van der Waals surface area contributed by atoms with Gasteiger partial charge < -0.3 is 4.90 Å². The number of rotatable bonds is 4. The van der Waals surface area contributed by atoms with Crippen LogP contribution in [0.1, 0.15) is 18.9 Å². The fourth-order valence-corrected chi connectivity index (χ4v) is 1.18. The van der Waals surface area contributed by atoms with Crippen LogP contribution < -0.4 is 0 Å². The third kappa shape index (κ3) is 3.55. The molecule has 72 valence electrons. The second-order valence-electron chi connectivity index (χ2n) is 3.71. The van der Waals surface area contributed by atoms with E-state index in [9.17, 15) is 0 Å². The molecule has 0 amide bonds. The Labute approximate surface area is 80.6 Å².